The third kappa shape index (κ3) is 5.20. The Labute approximate surface area is 150 Å². The van der Waals surface area contributed by atoms with Gasteiger partial charge in [-0.25, -0.2) is 0 Å². The van der Waals surface area contributed by atoms with E-state index in [1.54, 1.807) is 6.20 Å². The van der Waals surface area contributed by atoms with Gasteiger partial charge in [0.15, 0.2) is 0 Å². The molecule has 1 fully saturated rings. The van der Waals surface area contributed by atoms with Crippen molar-refractivity contribution in [1.82, 2.24) is 15.2 Å². The fraction of sp³-hybridized carbons (Fsp3) is 0.421. The van der Waals surface area contributed by atoms with Crippen LogP contribution in [0.1, 0.15) is 25.1 Å². The maximum absolute atomic E-state index is 5.88. The molecule has 24 heavy (non-hydrogen) atoms. The number of hydrogen-bond acceptors (Lipinski definition) is 4. The lowest BCUT2D eigenvalue weighted by Crippen LogP contribution is -2.53. The number of aromatic nitrogens is 1. The molecule has 1 saturated heterocycles. The second kappa shape index (κ2) is 9.02. The van der Waals surface area contributed by atoms with Crippen LogP contribution in [0.5, 0.6) is 5.75 Å². The van der Waals surface area contributed by atoms with Crippen LogP contribution in [-0.4, -0.2) is 35.1 Å². The number of ether oxygens (including phenoxy) is 1. The van der Waals surface area contributed by atoms with Crippen LogP contribution in [0.3, 0.4) is 0 Å². The molecule has 5 heteroatoms. The molecule has 0 amide bonds. The lowest BCUT2D eigenvalue weighted by atomic mass is 10.1. The number of piperazine rings is 1. The van der Waals surface area contributed by atoms with E-state index in [1.807, 2.05) is 24.3 Å². The molecule has 0 radical (unpaired) electrons. The monoisotopic (exact) mass is 347 g/mol. The van der Waals surface area contributed by atoms with E-state index in [4.69, 9.17) is 4.74 Å². The van der Waals surface area contributed by atoms with Gasteiger partial charge in [0, 0.05) is 37.9 Å². The Morgan fingerprint density at radius 2 is 2.08 bits per heavy atom. The lowest BCUT2D eigenvalue weighted by molar-refractivity contribution is 0.138. The summed E-state index contributed by atoms with van der Waals surface area (Å²) in [5.74, 6) is 0.906. The summed E-state index contributed by atoms with van der Waals surface area (Å²) in [7, 11) is 0. The van der Waals surface area contributed by atoms with Crippen LogP contribution in [0.15, 0.2) is 48.7 Å². The molecule has 1 aromatic carbocycles. The van der Waals surface area contributed by atoms with Gasteiger partial charge in [0.25, 0.3) is 0 Å². The zero-order valence-corrected chi connectivity index (χ0v) is 15.1. The third-order valence-electron chi connectivity index (χ3n) is 4.29. The molecule has 1 aliphatic heterocycles. The molecule has 0 bridgehead atoms. The number of pyridine rings is 1. The van der Waals surface area contributed by atoms with Crippen molar-refractivity contribution >= 4 is 12.4 Å². The van der Waals surface area contributed by atoms with Crippen molar-refractivity contribution in [3.05, 3.63) is 59.9 Å². The van der Waals surface area contributed by atoms with E-state index in [-0.39, 0.29) is 12.4 Å². The van der Waals surface area contributed by atoms with Crippen molar-refractivity contribution < 1.29 is 4.74 Å². The lowest BCUT2D eigenvalue weighted by Gasteiger charge is -2.37. The third-order valence-corrected chi connectivity index (χ3v) is 4.29. The Bertz CT molecular complexity index is 623. The van der Waals surface area contributed by atoms with Gasteiger partial charge < -0.3 is 10.1 Å². The fourth-order valence-corrected chi connectivity index (χ4v) is 2.93. The normalized spacial score (nSPS) is 21.1. The number of nitrogens with zero attached hydrogens (tertiary/aromatic N) is 2. The summed E-state index contributed by atoms with van der Waals surface area (Å²) in [5.41, 5.74) is 2.24. The van der Waals surface area contributed by atoms with Gasteiger partial charge in [0.2, 0.25) is 0 Å². The Morgan fingerprint density at radius 1 is 1.21 bits per heavy atom. The second-order valence-electron chi connectivity index (χ2n) is 6.34. The van der Waals surface area contributed by atoms with Crippen LogP contribution >= 0.6 is 12.4 Å². The van der Waals surface area contributed by atoms with E-state index < -0.39 is 0 Å². The molecule has 0 spiro atoms. The molecule has 1 aliphatic rings. The van der Waals surface area contributed by atoms with Crippen molar-refractivity contribution in [2.45, 2.75) is 39.1 Å². The van der Waals surface area contributed by atoms with Gasteiger partial charge in [0.05, 0.1) is 5.69 Å². The summed E-state index contributed by atoms with van der Waals surface area (Å²) in [6.07, 6.45) is 1.79. The summed E-state index contributed by atoms with van der Waals surface area (Å²) in [4.78, 5) is 6.81. The van der Waals surface area contributed by atoms with E-state index >= 15 is 0 Å². The maximum atomic E-state index is 5.88. The first kappa shape index (κ1) is 18.7. The largest absolute Gasteiger partial charge is 0.487 e. The number of hydrogen-bond donors (Lipinski definition) is 1. The molecule has 2 unspecified atom stereocenters. The van der Waals surface area contributed by atoms with Crippen LogP contribution in [0.4, 0.5) is 0 Å². The minimum absolute atomic E-state index is 0. The van der Waals surface area contributed by atoms with Crippen LogP contribution in [0, 0.1) is 0 Å². The molecular weight excluding hydrogens is 322 g/mol. The smallest absolute Gasteiger partial charge is 0.130 e. The van der Waals surface area contributed by atoms with Gasteiger partial charge >= 0.3 is 0 Å². The standard InChI is InChI=1S/C19H25N3O.ClH/c1-15-12-22(16(2)11-21-15)13-17-6-5-8-19(10-17)23-14-18-7-3-4-9-20-18;/h3-10,15-16,21H,11-14H2,1-2H3;1H. The quantitative estimate of drug-likeness (QED) is 0.900. The Balaban J connectivity index is 0.00000208. The average Bonchev–Trinajstić information content (AvgIpc) is 2.58. The van der Waals surface area contributed by atoms with E-state index in [9.17, 15) is 0 Å². The van der Waals surface area contributed by atoms with Crippen molar-refractivity contribution in [2.24, 2.45) is 0 Å². The molecule has 1 N–H and O–H groups in total. The first-order valence-corrected chi connectivity index (χ1v) is 8.30. The minimum atomic E-state index is 0. The van der Waals surface area contributed by atoms with Gasteiger partial charge in [-0.1, -0.05) is 18.2 Å². The average molecular weight is 348 g/mol. The van der Waals surface area contributed by atoms with Crippen molar-refractivity contribution in [3.63, 3.8) is 0 Å². The highest BCUT2D eigenvalue weighted by atomic mass is 35.5. The van der Waals surface area contributed by atoms with Crippen molar-refractivity contribution in [3.8, 4) is 5.75 Å². The highest BCUT2D eigenvalue weighted by molar-refractivity contribution is 5.85. The Kier molecular flexibility index (Phi) is 7.03. The maximum Gasteiger partial charge on any atom is 0.130 e. The predicted molar refractivity (Wildman–Crippen MR) is 99.6 cm³/mol. The highest BCUT2D eigenvalue weighted by Gasteiger charge is 2.22. The summed E-state index contributed by atoms with van der Waals surface area (Å²) < 4.78 is 5.88. The molecule has 2 aromatic rings. The number of halogens is 1. The highest BCUT2D eigenvalue weighted by Crippen LogP contribution is 2.18. The summed E-state index contributed by atoms with van der Waals surface area (Å²) >= 11 is 0. The van der Waals surface area contributed by atoms with Crippen LogP contribution in [-0.2, 0) is 13.2 Å². The molecule has 130 valence electrons. The minimum Gasteiger partial charge on any atom is -0.487 e. The molecular formula is C19H26ClN3O. The topological polar surface area (TPSA) is 37.4 Å². The van der Waals surface area contributed by atoms with E-state index in [1.165, 1.54) is 5.56 Å². The van der Waals surface area contributed by atoms with Gasteiger partial charge in [-0.05, 0) is 43.7 Å². The SMILES string of the molecule is CC1CN(Cc2cccc(OCc3ccccn3)c2)C(C)CN1.Cl. The second-order valence-corrected chi connectivity index (χ2v) is 6.34. The zero-order chi connectivity index (χ0) is 16.1. The number of nitrogens with one attached hydrogen (secondary N) is 1. The summed E-state index contributed by atoms with van der Waals surface area (Å²) in [5, 5.41) is 3.52. The molecule has 0 aliphatic carbocycles. The van der Waals surface area contributed by atoms with E-state index in [0.29, 0.717) is 18.7 Å². The zero-order valence-electron chi connectivity index (χ0n) is 14.3. The van der Waals surface area contributed by atoms with Gasteiger partial charge in [-0.2, -0.15) is 0 Å². The van der Waals surface area contributed by atoms with Crippen LogP contribution < -0.4 is 10.1 Å². The molecule has 0 saturated carbocycles. The van der Waals surface area contributed by atoms with E-state index in [2.05, 4.69) is 47.2 Å². The van der Waals surface area contributed by atoms with Gasteiger partial charge in [-0.15, -0.1) is 12.4 Å². The molecule has 1 aromatic heterocycles. The summed E-state index contributed by atoms with van der Waals surface area (Å²) in [6.45, 7) is 8.13. The Morgan fingerprint density at radius 3 is 2.88 bits per heavy atom. The van der Waals surface area contributed by atoms with E-state index in [0.717, 1.165) is 31.1 Å². The predicted octanol–water partition coefficient (Wildman–Crippen LogP) is 3.26. The fourth-order valence-electron chi connectivity index (χ4n) is 2.93. The summed E-state index contributed by atoms with van der Waals surface area (Å²) in [6, 6.07) is 15.4. The molecule has 4 nitrogen and oxygen atoms in total. The van der Waals surface area contributed by atoms with Crippen LogP contribution in [0.25, 0.3) is 0 Å². The van der Waals surface area contributed by atoms with Crippen LogP contribution in [0.2, 0.25) is 0 Å². The molecule has 2 heterocycles. The molecule has 2 atom stereocenters. The van der Waals surface area contributed by atoms with Crippen molar-refractivity contribution in [2.75, 3.05) is 13.1 Å². The first-order valence-electron chi connectivity index (χ1n) is 8.30. The molecule has 3 rings (SSSR count). The number of benzene rings is 1. The Hall–Kier alpha value is -1.62. The number of rotatable bonds is 5. The first-order chi connectivity index (χ1) is 11.2. The van der Waals surface area contributed by atoms with Gasteiger partial charge in [-0.3, -0.25) is 9.88 Å². The van der Waals surface area contributed by atoms with Gasteiger partial charge in [0.1, 0.15) is 12.4 Å². The van der Waals surface area contributed by atoms with Crippen molar-refractivity contribution in [1.29, 1.82) is 0 Å².